The van der Waals surface area contributed by atoms with E-state index in [0.29, 0.717) is 18.7 Å². The Morgan fingerprint density at radius 2 is 2.25 bits per heavy atom. The second kappa shape index (κ2) is 6.17. The molecule has 0 aromatic heterocycles. The maximum Gasteiger partial charge on any atom is 0.243 e. The average Bonchev–Trinajstić information content (AvgIpc) is 2.42. The zero-order chi connectivity index (χ0) is 14.8. The van der Waals surface area contributed by atoms with Crippen LogP contribution in [0.1, 0.15) is 5.56 Å². The highest BCUT2D eigenvalue weighted by Crippen LogP contribution is 2.20. The van der Waals surface area contributed by atoms with Crippen molar-refractivity contribution < 1.29 is 17.5 Å². The maximum atomic E-state index is 13.3. The third-order valence-corrected chi connectivity index (χ3v) is 5.27. The standard InChI is InChI=1S/C13H19FN2O3S/c1-10-3-4-11(14)7-13(10)20(17,18)16(2)9-12-8-15-5-6-19-12/h3-4,7,12,15H,5-6,8-9H2,1-2H3. The number of benzene rings is 1. The van der Waals surface area contributed by atoms with E-state index in [0.717, 1.165) is 12.6 Å². The van der Waals surface area contributed by atoms with Gasteiger partial charge < -0.3 is 10.1 Å². The molecule has 1 heterocycles. The van der Waals surface area contributed by atoms with Crippen LogP contribution in [-0.2, 0) is 14.8 Å². The number of aryl methyl sites for hydroxylation is 1. The summed E-state index contributed by atoms with van der Waals surface area (Å²) in [4.78, 5) is 0.00349. The van der Waals surface area contributed by atoms with Crippen molar-refractivity contribution >= 4 is 10.0 Å². The second-order valence-electron chi connectivity index (χ2n) is 4.89. The van der Waals surface area contributed by atoms with Gasteiger partial charge in [-0.05, 0) is 24.6 Å². The monoisotopic (exact) mass is 302 g/mol. The van der Waals surface area contributed by atoms with Gasteiger partial charge in [0.05, 0.1) is 17.6 Å². The molecular weight excluding hydrogens is 283 g/mol. The van der Waals surface area contributed by atoms with Crippen LogP contribution < -0.4 is 5.32 Å². The fourth-order valence-corrected chi connectivity index (χ4v) is 3.58. The first-order chi connectivity index (χ1) is 9.41. The van der Waals surface area contributed by atoms with Crippen molar-refractivity contribution in [3.05, 3.63) is 29.6 Å². The quantitative estimate of drug-likeness (QED) is 0.891. The van der Waals surface area contributed by atoms with Crippen molar-refractivity contribution in [3.63, 3.8) is 0 Å². The molecule has 1 aliphatic rings. The van der Waals surface area contributed by atoms with Gasteiger partial charge in [0.2, 0.25) is 10.0 Å². The van der Waals surface area contributed by atoms with Gasteiger partial charge in [-0.2, -0.15) is 4.31 Å². The van der Waals surface area contributed by atoms with Crippen LogP contribution in [-0.4, -0.2) is 52.1 Å². The summed E-state index contributed by atoms with van der Waals surface area (Å²) in [5, 5.41) is 3.15. The molecule has 1 N–H and O–H groups in total. The Balaban J connectivity index is 2.18. The largest absolute Gasteiger partial charge is 0.374 e. The lowest BCUT2D eigenvalue weighted by Crippen LogP contribution is -2.45. The molecule has 1 aromatic carbocycles. The van der Waals surface area contributed by atoms with Gasteiger partial charge in [-0.15, -0.1) is 0 Å². The molecule has 112 valence electrons. The van der Waals surface area contributed by atoms with Crippen LogP contribution >= 0.6 is 0 Å². The number of nitrogens with one attached hydrogen (secondary N) is 1. The summed E-state index contributed by atoms with van der Waals surface area (Å²) in [6, 6.07) is 3.78. The minimum atomic E-state index is -3.71. The molecule has 20 heavy (non-hydrogen) atoms. The van der Waals surface area contributed by atoms with Crippen molar-refractivity contribution in [1.29, 1.82) is 0 Å². The van der Waals surface area contributed by atoms with E-state index >= 15 is 0 Å². The lowest BCUT2D eigenvalue weighted by Gasteiger charge is -2.28. The van der Waals surface area contributed by atoms with Crippen LogP contribution in [0.3, 0.4) is 0 Å². The Kier molecular flexibility index (Phi) is 4.74. The third kappa shape index (κ3) is 3.35. The Hall–Kier alpha value is -1.02. The molecule has 0 spiro atoms. The van der Waals surface area contributed by atoms with Gasteiger partial charge in [0.25, 0.3) is 0 Å². The van der Waals surface area contributed by atoms with E-state index in [9.17, 15) is 12.8 Å². The normalized spacial score (nSPS) is 20.3. The Morgan fingerprint density at radius 3 is 2.90 bits per heavy atom. The number of morpholine rings is 1. The van der Waals surface area contributed by atoms with Gasteiger partial charge >= 0.3 is 0 Å². The van der Waals surface area contributed by atoms with E-state index in [1.165, 1.54) is 23.5 Å². The number of halogens is 1. The van der Waals surface area contributed by atoms with E-state index in [-0.39, 0.29) is 17.5 Å². The molecule has 1 fully saturated rings. The zero-order valence-corrected chi connectivity index (χ0v) is 12.4. The number of nitrogens with zero attached hydrogens (tertiary/aromatic N) is 1. The van der Waals surface area contributed by atoms with Crippen molar-refractivity contribution in [1.82, 2.24) is 9.62 Å². The van der Waals surface area contributed by atoms with E-state index in [1.54, 1.807) is 6.92 Å². The lowest BCUT2D eigenvalue weighted by atomic mass is 10.2. The molecule has 1 atom stereocenters. The summed E-state index contributed by atoms with van der Waals surface area (Å²) < 4.78 is 44.9. The van der Waals surface area contributed by atoms with E-state index < -0.39 is 15.8 Å². The molecule has 1 aliphatic heterocycles. The van der Waals surface area contributed by atoms with Crippen LogP contribution in [0.2, 0.25) is 0 Å². The predicted octanol–water partition coefficient (Wildman–Crippen LogP) is 0.743. The number of hydrogen-bond acceptors (Lipinski definition) is 4. The van der Waals surface area contributed by atoms with Gasteiger partial charge in [0.15, 0.2) is 0 Å². The molecule has 1 aromatic rings. The average molecular weight is 302 g/mol. The smallest absolute Gasteiger partial charge is 0.243 e. The summed E-state index contributed by atoms with van der Waals surface area (Å²) in [5.41, 5.74) is 0.529. The van der Waals surface area contributed by atoms with Crippen LogP contribution in [0.25, 0.3) is 0 Å². The molecule has 1 unspecified atom stereocenters. The van der Waals surface area contributed by atoms with Crippen molar-refractivity contribution in [2.24, 2.45) is 0 Å². The molecule has 0 saturated carbocycles. The van der Waals surface area contributed by atoms with E-state index in [4.69, 9.17) is 4.74 Å². The molecule has 5 nitrogen and oxygen atoms in total. The molecule has 1 saturated heterocycles. The highest BCUT2D eigenvalue weighted by molar-refractivity contribution is 7.89. The topological polar surface area (TPSA) is 58.6 Å². The molecule has 0 radical (unpaired) electrons. The SMILES string of the molecule is Cc1ccc(F)cc1S(=O)(=O)N(C)CC1CNCCO1. The summed E-state index contributed by atoms with van der Waals surface area (Å²) >= 11 is 0. The van der Waals surface area contributed by atoms with Gasteiger partial charge in [-0.3, -0.25) is 0 Å². The van der Waals surface area contributed by atoms with Crippen LogP contribution in [0, 0.1) is 12.7 Å². The molecule has 0 amide bonds. The van der Waals surface area contributed by atoms with Crippen molar-refractivity contribution in [3.8, 4) is 0 Å². The fraction of sp³-hybridized carbons (Fsp3) is 0.538. The van der Waals surface area contributed by atoms with Gasteiger partial charge in [-0.1, -0.05) is 6.07 Å². The summed E-state index contributed by atoms with van der Waals surface area (Å²) in [6.07, 6.45) is -0.183. The first-order valence-corrected chi connectivity index (χ1v) is 7.90. The summed E-state index contributed by atoms with van der Waals surface area (Å²) in [5.74, 6) is -0.557. The summed E-state index contributed by atoms with van der Waals surface area (Å²) in [7, 11) is -2.22. The highest BCUT2D eigenvalue weighted by atomic mass is 32.2. The third-order valence-electron chi connectivity index (χ3n) is 3.30. The molecule has 2 rings (SSSR count). The number of likely N-dealkylation sites (N-methyl/N-ethyl adjacent to an activating group) is 1. The first-order valence-electron chi connectivity index (χ1n) is 6.46. The number of ether oxygens (including phenoxy) is 1. The van der Waals surface area contributed by atoms with Crippen molar-refractivity contribution in [2.75, 3.05) is 33.3 Å². The molecule has 7 heteroatoms. The lowest BCUT2D eigenvalue weighted by molar-refractivity contribution is 0.0206. The molecule has 0 bridgehead atoms. The minimum Gasteiger partial charge on any atom is -0.374 e. The van der Waals surface area contributed by atoms with E-state index in [1.807, 2.05) is 0 Å². The van der Waals surface area contributed by atoms with Gasteiger partial charge in [0, 0.05) is 26.7 Å². The van der Waals surface area contributed by atoms with Crippen molar-refractivity contribution in [2.45, 2.75) is 17.9 Å². The van der Waals surface area contributed by atoms with Crippen LogP contribution in [0.4, 0.5) is 4.39 Å². The number of sulfonamides is 1. The zero-order valence-electron chi connectivity index (χ0n) is 11.6. The fourth-order valence-electron chi connectivity index (χ4n) is 2.14. The maximum absolute atomic E-state index is 13.3. The number of rotatable bonds is 4. The Labute approximate surface area is 118 Å². The Morgan fingerprint density at radius 1 is 1.50 bits per heavy atom. The van der Waals surface area contributed by atoms with E-state index in [2.05, 4.69) is 5.32 Å². The minimum absolute atomic E-state index is 0.00349. The summed E-state index contributed by atoms with van der Waals surface area (Å²) in [6.45, 7) is 3.85. The van der Waals surface area contributed by atoms with Crippen LogP contribution in [0.5, 0.6) is 0 Å². The van der Waals surface area contributed by atoms with Gasteiger partial charge in [-0.25, -0.2) is 12.8 Å². The second-order valence-corrected chi connectivity index (χ2v) is 6.91. The molecule has 0 aliphatic carbocycles. The number of hydrogen-bond donors (Lipinski definition) is 1. The first kappa shape index (κ1) is 15.4. The predicted molar refractivity (Wildman–Crippen MR) is 73.6 cm³/mol. The highest BCUT2D eigenvalue weighted by Gasteiger charge is 2.26. The van der Waals surface area contributed by atoms with Crippen LogP contribution in [0.15, 0.2) is 23.1 Å². The van der Waals surface area contributed by atoms with Gasteiger partial charge in [0.1, 0.15) is 5.82 Å². The molecular formula is C13H19FN2O3S. The Bertz CT molecular complexity index is 571.